The molecule has 0 aliphatic carbocycles. The molecule has 1 aliphatic heterocycles. The minimum absolute atomic E-state index is 0.00149. The van der Waals surface area contributed by atoms with Crippen molar-refractivity contribution in [2.75, 3.05) is 45.2 Å². The Morgan fingerprint density at radius 2 is 1.75 bits per heavy atom. The molecule has 6 heteroatoms. The number of nitrogens with one attached hydrogen (secondary N) is 1. The van der Waals surface area contributed by atoms with Crippen LogP contribution in [0.3, 0.4) is 0 Å². The predicted octanol–water partition coefficient (Wildman–Crippen LogP) is 2.71. The highest BCUT2D eigenvalue weighted by Gasteiger charge is 2.23. The van der Waals surface area contributed by atoms with Crippen LogP contribution in [0.15, 0.2) is 42.5 Å². The van der Waals surface area contributed by atoms with Gasteiger partial charge in [-0.1, -0.05) is 18.2 Å². The second-order valence-electron chi connectivity index (χ2n) is 7.10. The number of aryl methyl sites for hydroxylation is 1. The van der Waals surface area contributed by atoms with Gasteiger partial charge in [0.2, 0.25) is 5.91 Å². The van der Waals surface area contributed by atoms with Crippen LogP contribution >= 0.6 is 0 Å². The summed E-state index contributed by atoms with van der Waals surface area (Å²) in [6, 6.07) is 13.1. The monoisotopic (exact) mass is 381 g/mol. The average Bonchev–Trinajstić information content (AvgIpc) is 2.71. The maximum absolute atomic E-state index is 12.7. The van der Waals surface area contributed by atoms with E-state index in [1.54, 1.807) is 19.2 Å². The third-order valence-corrected chi connectivity index (χ3v) is 5.22. The molecule has 0 spiro atoms. The Balaban J connectivity index is 1.51. The Bertz CT molecular complexity index is 858. The lowest BCUT2D eigenvalue weighted by molar-refractivity contribution is -0.117. The van der Waals surface area contributed by atoms with Crippen LogP contribution in [-0.2, 0) is 4.79 Å². The molecule has 3 rings (SSSR count). The molecule has 1 fully saturated rings. The average molecular weight is 381 g/mol. The van der Waals surface area contributed by atoms with E-state index in [-0.39, 0.29) is 11.8 Å². The maximum Gasteiger partial charge on any atom is 0.254 e. The van der Waals surface area contributed by atoms with Gasteiger partial charge >= 0.3 is 0 Å². The number of hydrogen-bond acceptors (Lipinski definition) is 4. The van der Waals surface area contributed by atoms with Gasteiger partial charge in [0.05, 0.1) is 13.7 Å². The molecule has 2 amide bonds. The van der Waals surface area contributed by atoms with Crippen molar-refractivity contribution in [3.05, 3.63) is 59.2 Å². The van der Waals surface area contributed by atoms with Gasteiger partial charge in [0, 0.05) is 37.4 Å². The van der Waals surface area contributed by atoms with E-state index in [1.165, 1.54) is 0 Å². The SMILES string of the molecule is COc1cccc(C(=O)N2CCN(CC(=O)Nc3cccc(C)c3C)CC2)c1. The van der Waals surface area contributed by atoms with Crippen LogP contribution in [0.4, 0.5) is 5.69 Å². The third kappa shape index (κ3) is 4.70. The number of anilines is 1. The number of methoxy groups -OCH3 is 1. The van der Waals surface area contributed by atoms with Crippen molar-refractivity contribution in [3.63, 3.8) is 0 Å². The van der Waals surface area contributed by atoms with Crippen molar-refractivity contribution in [2.45, 2.75) is 13.8 Å². The number of carbonyl (C=O) groups is 2. The summed E-state index contributed by atoms with van der Waals surface area (Å²) < 4.78 is 5.19. The number of carbonyl (C=O) groups excluding carboxylic acids is 2. The summed E-state index contributed by atoms with van der Waals surface area (Å²) in [5.74, 6) is 0.646. The summed E-state index contributed by atoms with van der Waals surface area (Å²) in [7, 11) is 1.59. The van der Waals surface area contributed by atoms with Gasteiger partial charge < -0.3 is 15.0 Å². The van der Waals surface area contributed by atoms with Crippen LogP contribution in [0, 0.1) is 13.8 Å². The number of amides is 2. The van der Waals surface area contributed by atoms with Gasteiger partial charge in [-0.2, -0.15) is 0 Å². The van der Waals surface area contributed by atoms with Gasteiger partial charge in [0.25, 0.3) is 5.91 Å². The van der Waals surface area contributed by atoms with E-state index in [4.69, 9.17) is 4.74 Å². The zero-order valence-corrected chi connectivity index (χ0v) is 16.7. The lowest BCUT2D eigenvalue weighted by Gasteiger charge is -2.34. The van der Waals surface area contributed by atoms with Gasteiger partial charge in [-0.3, -0.25) is 14.5 Å². The number of piperazine rings is 1. The van der Waals surface area contributed by atoms with Crippen molar-refractivity contribution in [2.24, 2.45) is 0 Å². The fourth-order valence-electron chi connectivity index (χ4n) is 3.33. The van der Waals surface area contributed by atoms with Crippen molar-refractivity contribution >= 4 is 17.5 Å². The molecule has 0 saturated carbocycles. The number of benzene rings is 2. The molecule has 0 radical (unpaired) electrons. The van der Waals surface area contributed by atoms with Gasteiger partial charge in [-0.15, -0.1) is 0 Å². The molecule has 1 saturated heterocycles. The molecule has 2 aromatic rings. The van der Waals surface area contributed by atoms with Crippen molar-refractivity contribution in [1.29, 1.82) is 0 Å². The van der Waals surface area contributed by atoms with Crippen molar-refractivity contribution in [3.8, 4) is 5.75 Å². The fraction of sp³-hybridized carbons (Fsp3) is 0.364. The van der Waals surface area contributed by atoms with Crippen LogP contribution in [0.2, 0.25) is 0 Å². The van der Waals surface area contributed by atoms with E-state index in [1.807, 2.05) is 49.1 Å². The molecule has 1 aliphatic rings. The van der Waals surface area contributed by atoms with E-state index in [2.05, 4.69) is 10.2 Å². The fourth-order valence-corrected chi connectivity index (χ4v) is 3.33. The summed E-state index contributed by atoms with van der Waals surface area (Å²) in [5.41, 5.74) is 3.73. The highest BCUT2D eigenvalue weighted by molar-refractivity contribution is 5.95. The number of ether oxygens (including phenoxy) is 1. The molecule has 0 bridgehead atoms. The zero-order valence-electron chi connectivity index (χ0n) is 16.7. The molecule has 28 heavy (non-hydrogen) atoms. The highest BCUT2D eigenvalue weighted by Crippen LogP contribution is 2.18. The van der Waals surface area contributed by atoms with Gasteiger partial charge in [-0.05, 0) is 49.2 Å². The first-order valence-corrected chi connectivity index (χ1v) is 9.49. The van der Waals surface area contributed by atoms with E-state index in [9.17, 15) is 9.59 Å². The first-order valence-electron chi connectivity index (χ1n) is 9.49. The molecular formula is C22H27N3O3. The van der Waals surface area contributed by atoms with Crippen LogP contribution in [0.1, 0.15) is 21.5 Å². The summed E-state index contributed by atoms with van der Waals surface area (Å²) in [5, 5.41) is 3.00. The smallest absolute Gasteiger partial charge is 0.254 e. The highest BCUT2D eigenvalue weighted by atomic mass is 16.5. The largest absolute Gasteiger partial charge is 0.497 e. The summed E-state index contributed by atoms with van der Waals surface area (Å²) in [4.78, 5) is 29.0. The second kappa shape index (κ2) is 8.89. The quantitative estimate of drug-likeness (QED) is 0.865. The Labute approximate surface area is 166 Å². The molecule has 0 aromatic heterocycles. The van der Waals surface area contributed by atoms with E-state index in [0.717, 1.165) is 16.8 Å². The van der Waals surface area contributed by atoms with E-state index < -0.39 is 0 Å². The molecule has 0 unspecified atom stereocenters. The number of rotatable bonds is 5. The Hall–Kier alpha value is -2.86. The Morgan fingerprint density at radius 1 is 1.04 bits per heavy atom. The molecule has 6 nitrogen and oxygen atoms in total. The first-order chi connectivity index (χ1) is 13.5. The van der Waals surface area contributed by atoms with Gasteiger partial charge in [0.15, 0.2) is 0 Å². The van der Waals surface area contributed by atoms with Crippen molar-refractivity contribution in [1.82, 2.24) is 9.80 Å². The molecule has 2 aromatic carbocycles. The first kappa shape index (κ1) is 19.9. The second-order valence-corrected chi connectivity index (χ2v) is 7.10. The molecule has 148 valence electrons. The lowest BCUT2D eigenvalue weighted by atomic mass is 10.1. The maximum atomic E-state index is 12.7. The summed E-state index contributed by atoms with van der Waals surface area (Å²) >= 11 is 0. The minimum Gasteiger partial charge on any atom is -0.497 e. The topological polar surface area (TPSA) is 61.9 Å². The molecular weight excluding hydrogens is 354 g/mol. The van der Waals surface area contributed by atoms with Crippen LogP contribution < -0.4 is 10.1 Å². The zero-order chi connectivity index (χ0) is 20.1. The van der Waals surface area contributed by atoms with Gasteiger partial charge in [0.1, 0.15) is 5.75 Å². The molecule has 1 N–H and O–H groups in total. The van der Waals surface area contributed by atoms with E-state index >= 15 is 0 Å². The molecule has 0 atom stereocenters. The van der Waals surface area contributed by atoms with E-state index in [0.29, 0.717) is 44.0 Å². The summed E-state index contributed by atoms with van der Waals surface area (Å²) in [6.45, 7) is 6.93. The third-order valence-electron chi connectivity index (χ3n) is 5.22. The van der Waals surface area contributed by atoms with Gasteiger partial charge in [-0.25, -0.2) is 0 Å². The number of hydrogen-bond donors (Lipinski definition) is 1. The summed E-state index contributed by atoms with van der Waals surface area (Å²) in [6.07, 6.45) is 0. The predicted molar refractivity (Wildman–Crippen MR) is 110 cm³/mol. The van der Waals surface area contributed by atoms with Crippen LogP contribution in [-0.4, -0.2) is 61.4 Å². The normalized spacial score (nSPS) is 14.6. The lowest BCUT2D eigenvalue weighted by Crippen LogP contribution is -2.50. The van der Waals surface area contributed by atoms with Crippen LogP contribution in [0.25, 0.3) is 0 Å². The Kier molecular flexibility index (Phi) is 6.31. The standard InChI is InChI=1S/C22H27N3O3/c1-16-6-4-9-20(17(16)2)23-21(26)15-24-10-12-25(13-11-24)22(27)18-7-5-8-19(14-18)28-3/h4-9,14H,10-13,15H2,1-3H3,(H,23,26). The Morgan fingerprint density at radius 3 is 2.46 bits per heavy atom. The minimum atomic E-state index is -0.0266. The number of nitrogens with zero attached hydrogens (tertiary/aromatic N) is 2. The molecule has 1 heterocycles. The van der Waals surface area contributed by atoms with Crippen LogP contribution in [0.5, 0.6) is 5.75 Å². The van der Waals surface area contributed by atoms with Crippen molar-refractivity contribution < 1.29 is 14.3 Å².